The van der Waals surface area contributed by atoms with E-state index in [1.165, 1.54) is 0 Å². The van der Waals surface area contributed by atoms with E-state index in [0.717, 1.165) is 10.0 Å². The number of hydrogen-bond donors (Lipinski definition) is 3. The first-order valence-corrected chi connectivity index (χ1v) is 9.18. The summed E-state index contributed by atoms with van der Waals surface area (Å²) < 4.78 is 0.858. The lowest BCUT2D eigenvalue weighted by Gasteiger charge is -2.33. The van der Waals surface area contributed by atoms with Crippen LogP contribution in [0.5, 0.6) is 0 Å². The third kappa shape index (κ3) is 5.25. The molecule has 0 fully saturated rings. The summed E-state index contributed by atoms with van der Waals surface area (Å²) in [6.07, 6.45) is 0.366. The second kappa shape index (κ2) is 8.76. The molecule has 0 aliphatic carbocycles. The van der Waals surface area contributed by atoms with Gasteiger partial charge in [0.05, 0.1) is 5.54 Å². The summed E-state index contributed by atoms with van der Waals surface area (Å²) in [6, 6.07) is 14.3. The van der Waals surface area contributed by atoms with Gasteiger partial charge in [0.2, 0.25) is 0 Å². The normalized spacial score (nSPS) is 13.0. The average Bonchev–Trinajstić information content (AvgIpc) is 2.57. The van der Waals surface area contributed by atoms with E-state index in [4.69, 9.17) is 23.8 Å². The van der Waals surface area contributed by atoms with Gasteiger partial charge in [0.25, 0.3) is 5.91 Å². The highest BCUT2D eigenvalue weighted by molar-refractivity contribution is 9.10. The Morgan fingerprint density at radius 2 is 1.96 bits per heavy atom. The lowest BCUT2D eigenvalue weighted by molar-refractivity contribution is 0.0976. The van der Waals surface area contributed by atoms with Crippen molar-refractivity contribution in [2.75, 3.05) is 6.61 Å². The molecular weight excluding hydrogens is 424 g/mol. The Bertz CT molecular complexity index is 773. The number of carbonyl (C=O) groups is 1. The minimum atomic E-state index is -0.739. The number of aliphatic hydroxyl groups is 1. The fourth-order valence-electron chi connectivity index (χ4n) is 2.46. The van der Waals surface area contributed by atoms with Gasteiger partial charge < -0.3 is 10.4 Å². The van der Waals surface area contributed by atoms with Crippen molar-refractivity contribution in [1.29, 1.82) is 0 Å². The molecule has 7 heteroatoms. The summed E-state index contributed by atoms with van der Waals surface area (Å²) in [5.41, 5.74) is 0.543. The molecule has 0 aliphatic rings. The van der Waals surface area contributed by atoms with Crippen LogP contribution < -0.4 is 10.6 Å². The lowest BCUT2D eigenvalue weighted by Crippen LogP contribution is -2.50. The first-order chi connectivity index (χ1) is 11.9. The summed E-state index contributed by atoms with van der Waals surface area (Å²) in [4.78, 5) is 12.2. The number of amides is 1. The highest BCUT2D eigenvalue weighted by Crippen LogP contribution is 2.33. The van der Waals surface area contributed by atoms with Gasteiger partial charge >= 0.3 is 0 Å². The summed E-state index contributed by atoms with van der Waals surface area (Å²) in [5.74, 6) is -0.301. The average molecular weight is 442 g/mol. The van der Waals surface area contributed by atoms with Crippen LogP contribution in [-0.2, 0) is 5.54 Å². The summed E-state index contributed by atoms with van der Waals surface area (Å²) in [7, 11) is 0. The smallest absolute Gasteiger partial charge is 0.257 e. The van der Waals surface area contributed by atoms with E-state index >= 15 is 0 Å². The largest absolute Gasteiger partial charge is 0.396 e. The Labute approximate surface area is 165 Å². The van der Waals surface area contributed by atoms with Crippen molar-refractivity contribution in [3.63, 3.8) is 0 Å². The van der Waals surface area contributed by atoms with E-state index in [9.17, 15) is 9.90 Å². The minimum Gasteiger partial charge on any atom is -0.396 e. The van der Waals surface area contributed by atoms with Crippen LogP contribution in [0.2, 0.25) is 5.02 Å². The maximum absolute atomic E-state index is 12.2. The molecule has 4 nitrogen and oxygen atoms in total. The molecule has 1 atom stereocenters. The molecular formula is C18H18BrClN2O2S. The highest BCUT2D eigenvalue weighted by atomic mass is 79.9. The molecule has 0 saturated heterocycles. The van der Waals surface area contributed by atoms with Crippen LogP contribution in [0, 0.1) is 0 Å². The van der Waals surface area contributed by atoms with E-state index in [0.29, 0.717) is 17.0 Å². The summed E-state index contributed by atoms with van der Waals surface area (Å²) >= 11 is 15.0. The minimum absolute atomic E-state index is 0.0679. The maximum Gasteiger partial charge on any atom is 0.257 e. The van der Waals surface area contributed by atoms with Crippen molar-refractivity contribution < 1.29 is 9.90 Å². The van der Waals surface area contributed by atoms with Crippen molar-refractivity contribution in [1.82, 2.24) is 10.6 Å². The van der Waals surface area contributed by atoms with E-state index in [2.05, 4.69) is 26.6 Å². The van der Waals surface area contributed by atoms with Gasteiger partial charge in [-0.1, -0.05) is 45.7 Å². The zero-order valence-corrected chi connectivity index (χ0v) is 16.7. The molecule has 0 unspecified atom stereocenters. The summed E-state index contributed by atoms with van der Waals surface area (Å²) in [6.45, 7) is 1.80. The van der Waals surface area contributed by atoms with E-state index in [1.54, 1.807) is 30.3 Å². The molecule has 25 heavy (non-hydrogen) atoms. The van der Waals surface area contributed by atoms with Crippen LogP contribution in [0.1, 0.15) is 29.3 Å². The van der Waals surface area contributed by atoms with Crippen LogP contribution in [-0.4, -0.2) is 22.7 Å². The molecule has 0 radical (unpaired) electrons. The fourth-order valence-corrected chi connectivity index (χ4v) is 3.46. The molecule has 0 heterocycles. The van der Waals surface area contributed by atoms with Crippen molar-refractivity contribution in [2.45, 2.75) is 18.9 Å². The quantitative estimate of drug-likeness (QED) is 0.614. The van der Waals surface area contributed by atoms with Crippen molar-refractivity contribution in [3.05, 3.63) is 69.2 Å². The molecule has 0 aliphatic heterocycles. The first kappa shape index (κ1) is 19.8. The third-order valence-corrected chi connectivity index (χ3v) is 4.81. The molecule has 2 aromatic rings. The molecule has 1 amide bonds. The molecule has 0 spiro atoms. The van der Waals surface area contributed by atoms with Gasteiger partial charge in [-0.05, 0) is 61.5 Å². The number of hydrogen-bond acceptors (Lipinski definition) is 3. The predicted octanol–water partition coefficient (Wildman–Crippen LogP) is 4.00. The molecule has 2 aromatic carbocycles. The Hall–Kier alpha value is -1.47. The second-order valence-electron chi connectivity index (χ2n) is 5.70. The third-order valence-electron chi connectivity index (χ3n) is 3.79. The molecule has 132 valence electrons. The van der Waals surface area contributed by atoms with E-state index in [-0.39, 0.29) is 17.6 Å². The standard InChI is InChI=1S/C18H18BrClN2O2S/c1-18(9-10-23,14-11-13(19)7-8-15(14)20)22-17(25)21-16(24)12-5-3-2-4-6-12/h2-8,11,23H,9-10H2,1H3,(H2,21,22,24,25)/t18-/m0/s1. The highest BCUT2D eigenvalue weighted by Gasteiger charge is 2.30. The topological polar surface area (TPSA) is 61.4 Å². The number of aliphatic hydroxyl groups excluding tert-OH is 1. The number of nitrogens with one attached hydrogen (secondary N) is 2. The number of halogens is 2. The van der Waals surface area contributed by atoms with Gasteiger partial charge in [-0.25, -0.2) is 0 Å². The molecule has 0 saturated carbocycles. The van der Waals surface area contributed by atoms with Crippen molar-refractivity contribution in [2.24, 2.45) is 0 Å². The molecule has 0 bridgehead atoms. The molecule has 0 aromatic heterocycles. The van der Waals surface area contributed by atoms with Crippen LogP contribution in [0.3, 0.4) is 0 Å². The zero-order valence-electron chi connectivity index (χ0n) is 13.6. The van der Waals surface area contributed by atoms with E-state index in [1.807, 2.05) is 25.1 Å². The van der Waals surface area contributed by atoms with Crippen LogP contribution >= 0.6 is 39.7 Å². The van der Waals surface area contributed by atoms with Crippen LogP contribution in [0.15, 0.2) is 53.0 Å². The summed E-state index contributed by atoms with van der Waals surface area (Å²) in [5, 5.41) is 16.0. The number of carbonyl (C=O) groups excluding carboxylic acids is 1. The SMILES string of the molecule is C[C@@](CCO)(NC(=S)NC(=O)c1ccccc1)c1cc(Br)ccc1Cl. The molecule has 3 N–H and O–H groups in total. The Morgan fingerprint density at radius 1 is 1.28 bits per heavy atom. The van der Waals surface area contributed by atoms with Crippen LogP contribution in [0.25, 0.3) is 0 Å². The van der Waals surface area contributed by atoms with Gasteiger partial charge in [0, 0.05) is 21.7 Å². The first-order valence-electron chi connectivity index (χ1n) is 7.60. The van der Waals surface area contributed by atoms with E-state index < -0.39 is 5.54 Å². The Morgan fingerprint density at radius 3 is 2.60 bits per heavy atom. The molecule has 2 rings (SSSR count). The van der Waals surface area contributed by atoms with Gasteiger partial charge in [0.15, 0.2) is 5.11 Å². The van der Waals surface area contributed by atoms with Gasteiger partial charge in [-0.2, -0.15) is 0 Å². The lowest BCUT2D eigenvalue weighted by atomic mass is 9.89. The maximum atomic E-state index is 12.2. The van der Waals surface area contributed by atoms with Crippen molar-refractivity contribution in [3.8, 4) is 0 Å². The second-order valence-corrected chi connectivity index (χ2v) is 7.44. The number of thiocarbonyl (C=S) groups is 1. The predicted molar refractivity (Wildman–Crippen MR) is 108 cm³/mol. The number of rotatable bonds is 5. The van der Waals surface area contributed by atoms with Crippen LogP contribution in [0.4, 0.5) is 0 Å². The Balaban J connectivity index is 2.19. The van der Waals surface area contributed by atoms with Crippen molar-refractivity contribution >= 4 is 50.8 Å². The fraction of sp³-hybridized carbons (Fsp3) is 0.222. The zero-order chi connectivity index (χ0) is 18.4. The number of benzene rings is 2. The van der Waals surface area contributed by atoms with Gasteiger partial charge in [0.1, 0.15) is 0 Å². The van der Waals surface area contributed by atoms with Gasteiger partial charge in [-0.3, -0.25) is 10.1 Å². The Kier molecular flexibility index (Phi) is 6.95. The van der Waals surface area contributed by atoms with Gasteiger partial charge in [-0.15, -0.1) is 0 Å². The monoisotopic (exact) mass is 440 g/mol.